The molecule has 0 bridgehead atoms. The monoisotopic (exact) mass is 353 g/mol. The van der Waals surface area contributed by atoms with E-state index in [2.05, 4.69) is 69.4 Å². The summed E-state index contributed by atoms with van der Waals surface area (Å²) in [7, 11) is 1.80. The Morgan fingerprint density at radius 3 is 2.68 bits per heavy atom. The first-order chi connectivity index (χ1) is 12.3. The normalized spacial score (nSPS) is 12.8. The van der Waals surface area contributed by atoms with Crippen molar-refractivity contribution in [3.8, 4) is 5.69 Å². The first-order valence-electron chi connectivity index (χ1n) is 8.33. The zero-order valence-corrected chi connectivity index (χ0v) is 15.3. The number of thiophene rings is 1. The van der Waals surface area contributed by atoms with Crippen molar-refractivity contribution in [1.29, 1.82) is 0 Å². The molecule has 0 saturated carbocycles. The summed E-state index contributed by atoms with van der Waals surface area (Å²) < 4.78 is 1.85. The minimum absolute atomic E-state index is 0.465. The zero-order valence-electron chi connectivity index (χ0n) is 14.5. The van der Waals surface area contributed by atoms with Gasteiger partial charge in [0.2, 0.25) is 0 Å². The molecule has 1 aromatic carbocycles. The molecular formula is C19H23N5S. The molecule has 2 aromatic heterocycles. The Balaban J connectivity index is 1.49. The van der Waals surface area contributed by atoms with Crippen LogP contribution in [0.1, 0.15) is 23.3 Å². The van der Waals surface area contributed by atoms with Crippen LogP contribution in [-0.2, 0) is 6.54 Å². The third-order valence-electron chi connectivity index (χ3n) is 3.99. The number of rotatable bonds is 6. The maximum atomic E-state index is 4.30. The topological polar surface area (TPSA) is 54.2 Å². The molecule has 0 aliphatic heterocycles. The molecule has 0 amide bonds. The minimum Gasteiger partial charge on any atom is -0.356 e. The molecular weight excluding hydrogens is 330 g/mol. The van der Waals surface area contributed by atoms with Crippen molar-refractivity contribution in [2.75, 3.05) is 13.6 Å². The summed E-state index contributed by atoms with van der Waals surface area (Å²) in [6.07, 6.45) is 3.72. The van der Waals surface area contributed by atoms with Gasteiger partial charge in [0.05, 0.1) is 5.69 Å². The molecule has 1 unspecified atom stereocenters. The van der Waals surface area contributed by atoms with E-state index in [4.69, 9.17) is 0 Å². The van der Waals surface area contributed by atoms with E-state index >= 15 is 0 Å². The molecule has 0 aliphatic rings. The van der Waals surface area contributed by atoms with Gasteiger partial charge in [-0.25, -0.2) is 4.68 Å². The van der Waals surface area contributed by atoms with Crippen LogP contribution in [0.5, 0.6) is 0 Å². The van der Waals surface area contributed by atoms with Gasteiger partial charge in [-0.05, 0) is 35.2 Å². The second-order valence-corrected chi connectivity index (χ2v) is 6.82. The van der Waals surface area contributed by atoms with Gasteiger partial charge in [-0.1, -0.05) is 25.1 Å². The number of hydrogen-bond donors (Lipinski definition) is 2. The molecule has 6 heteroatoms. The van der Waals surface area contributed by atoms with Crippen molar-refractivity contribution in [1.82, 2.24) is 20.4 Å². The van der Waals surface area contributed by atoms with Crippen LogP contribution in [0.2, 0.25) is 0 Å². The predicted molar refractivity (Wildman–Crippen MR) is 104 cm³/mol. The molecule has 1 atom stereocenters. The molecule has 0 saturated heterocycles. The van der Waals surface area contributed by atoms with E-state index in [9.17, 15) is 0 Å². The van der Waals surface area contributed by atoms with Gasteiger partial charge >= 0.3 is 0 Å². The van der Waals surface area contributed by atoms with E-state index in [1.54, 1.807) is 24.6 Å². The van der Waals surface area contributed by atoms with Crippen LogP contribution in [0.3, 0.4) is 0 Å². The first-order valence-corrected chi connectivity index (χ1v) is 9.21. The van der Waals surface area contributed by atoms with Crippen molar-refractivity contribution in [3.05, 3.63) is 70.7 Å². The van der Waals surface area contributed by atoms with Gasteiger partial charge in [0, 0.05) is 43.3 Å². The summed E-state index contributed by atoms with van der Waals surface area (Å²) in [5, 5.41) is 13.1. The number of nitrogens with one attached hydrogen (secondary N) is 2. The maximum Gasteiger partial charge on any atom is 0.191 e. The Morgan fingerprint density at radius 2 is 2.04 bits per heavy atom. The highest BCUT2D eigenvalue weighted by molar-refractivity contribution is 7.10. The van der Waals surface area contributed by atoms with Crippen LogP contribution in [0.15, 0.2) is 65.2 Å². The molecule has 0 radical (unpaired) electrons. The van der Waals surface area contributed by atoms with Crippen molar-refractivity contribution < 1.29 is 0 Å². The number of benzene rings is 1. The average molecular weight is 353 g/mol. The lowest BCUT2D eigenvalue weighted by atomic mass is 10.1. The SMILES string of the molecule is CN=C(NCc1ccc(-n2cccn2)cc1)NCC(C)c1cccs1. The average Bonchev–Trinajstić information content (AvgIpc) is 3.36. The fourth-order valence-electron chi connectivity index (χ4n) is 2.52. The minimum atomic E-state index is 0.465. The second kappa shape index (κ2) is 8.48. The standard InChI is InChI=1S/C19H23N5S/c1-15(18-5-3-12-25-18)13-21-19(20-2)22-14-16-6-8-17(9-7-16)24-11-4-10-23-24/h3-12,15H,13-14H2,1-2H3,(H2,20,21,22). The van der Waals surface area contributed by atoms with Gasteiger partial charge in [-0.2, -0.15) is 5.10 Å². The second-order valence-electron chi connectivity index (χ2n) is 5.84. The Kier molecular flexibility index (Phi) is 5.85. The lowest BCUT2D eigenvalue weighted by Gasteiger charge is -2.15. The molecule has 25 heavy (non-hydrogen) atoms. The van der Waals surface area contributed by atoms with Crippen LogP contribution in [-0.4, -0.2) is 29.3 Å². The summed E-state index contributed by atoms with van der Waals surface area (Å²) in [6, 6.07) is 14.5. The van der Waals surface area contributed by atoms with E-state index in [-0.39, 0.29) is 0 Å². The van der Waals surface area contributed by atoms with Crippen molar-refractivity contribution in [3.63, 3.8) is 0 Å². The van der Waals surface area contributed by atoms with Crippen LogP contribution in [0, 0.1) is 0 Å². The Bertz CT molecular complexity index is 776. The van der Waals surface area contributed by atoms with Crippen LogP contribution in [0.25, 0.3) is 5.69 Å². The summed E-state index contributed by atoms with van der Waals surface area (Å²) in [5.74, 6) is 1.28. The fourth-order valence-corrected chi connectivity index (χ4v) is 3.30. The van der Waals surface area contributed by atoms with Gasteiger partial charge in [0.25, 0.3) is 0 Å². The molecule has 0 aliphatic carbocycles. The van der Waals surface area contributed by atoms with Crippen molar-refractivity contribution in [2.24, 2.45) is 4.99 Å². The van der Waals surface area contributed by atoms with Gasteiger partial charge in [0.1, 0.15) is 0 Å². The summed E-state index contributed by atoms with van der Waals surface area (Å²) in [6.45, 7) is 3.81. The van der Waals surface area contributed by atoms with E-state index in [1.807, 2.05) is 16.9 Å². The smallest absolute Gasteiger partial charge is 0.191 e. The number of hydrogen-bond acceptors (Lipinski definition) is 3. The fraction of sp³-hybridized carbons (Fsp3) is 0.263. The Morgan fingerprint density at radius 1 is 1.20 bits per heavy atom. The predicted octanol–water partition coefficient (Wildman–Crippen LogP) is 3.40. The van der Waals surface area contributed by atoms with E-state index in [0.717, 1.165) is 24.7 Å². The molecule has 3 aromatic rings. The van der Waals surface area contributed by atoms with E-state index in [0.29, 0.717) is 5.92 Å². The van der Waals surface area contributed by atoms with E-state index < -0.39 is 0 Å². The molecule has 2 heterocycles. The lowest BCUT2D eigenvalue weighted by Crippen LogP contribution is -2.38. The summed E-state index contributed by atoms with van der Waals surface area (Å²) >= 11 is 1.79. The third kappa shape index (κ3) is 4.70. The number of aromatic nitrogens is 2. The van der Waals surface area contributed by atoms with E-state index in [1.165, 1.54) is 10.4 Å². The van der Waals surface area contributed by atoms with Gasteiger partial charge in [0.15, 0.2) is 5.96 Å². The lowest BCUT2D eigenvalue weighted by molar-refractivity contribution is 0.708. The van der Waals surface area contributed by atoms with Crippen molar-refractivity contribution in [2.45, 2.75) is 19.4 Å². The number of aliphatic imine (C=N–C) groups is 1. The first kappa shape index (κ1) is 17.2. The number of guanidine groups is 1. The highest BCUT2D eigenvalue weighted by Gasteiger charge is 2.07. The summed E-state index contributed by atoms with van der Waals surface area (Å²) in [5.41, 5.74) is 2.26. The highest BCUT2D eigenvalue weighted by Crippen LogP contribution is 2.19. The highest BCUT2D eigenvalue weighted by atomic mass is 32.1. The van der Waals surface area contributed by atoms with Gasteiger partial charge in [-0.15, -0.1) is 11.3 Å². The quantitative estimate of drug-likeness (QED) is 0.527. The maximum absolute atomic E-state index is 4.30. The van der Waals surface area contributed by atoms with Gasteiger partial charge < -0.3 is 10.6 Å². The number of nitrogens with zero attached hydrogens (tertiary/aromatic N) is 3. The third-order valence-corrected chi connectivity index (χ3v) is 5.10. The molecule has 130 valence electrons. The van der Waals surface area contributed by atoms with Crippen molar-refractivity contribution >= 4 is 17.3 Å². The van der Waals surface area contributed by atoms with Crippen LogP contribution >= 0.6 is 11.3 Å². The zero-order chi connectivity index (χ0) is 17.5. The molecule has 3 rings (SSSR count). The molecule has 2 N–H and O–H groups in total. The Hall–Kier alpha value is -2.60. The molecule has 5 nitrogen and oxygen atoms in total. The van der Waals surface area contributed by atoms with Crippen LogP contribution < -0.4 is 10.6 Å². The molecule has 0 spiro atoms. The summed E-state index contributed by atoms with van der Waals surface area (Å²) in [4.78, 5) is 5.68. The van der Waals surface area contributed by atoms with Crippen LogP contribution in [0.4, 0.5) is 0 Å². The molecule has 0 fully saturated rings. The van der Waals surface area contributed by atoms with Gasteiger partial charge in [-0.3, -0.25) is 4.99 Å². The Labute approximate surface area is 152 Å². The largest absolute Gasteiger partial charge is 0.356 e.